The maximum absolute atomic E-state index is 14.0. The minimum absolute atomic E-state index is 0.0249. The summed E-state index contributed by atoms with van der Waals surface area (Å²) in [6, 6.07) is 4.20. The lowest BCUT2D eigenvalue weighted by Gasteiger charge is -2.31. The summed E-state index contributed by atoms with van der Waals surface area (Å²) in [7, 11) is 0. The second-order valence-corrected chi connectivity index (χ2v) is 6.84. The lowest BCUT2D eigenvalue weighted by atomic mass is 9.79. The standard InChI is InChI=1S/C15H21ClFNO/c1-14(2)8-9(15(3,4)19-14)13(18)12-10(16)6-5-7-11(12)17/h5-7,9,13H,8,18H2,1-4H3. The van der Waals surface area contributed by atoms with Crippen molar-refractivity contribution in [2.45, 2.75) is 51.4 Å². The van der Waals surface area contributed by atoms with Crippen molar-refractivity contribution in [3.63, 3.8) is 0 Å². The summed E-state index contributed by atoms with van der Waals surface area (Å²) in [6.07, 6.45) is 0.784. The van der Waals surface area contributed by atoms with Gasteiger partial charge in [0.25, 0.3) is 0 Å². The molecule has 0 bridgehead atoms. The van der Waals surface area contributed by atoms with Gasteiger partial charge >= 0.3 is 0 Å². The van der Waals surface area contributed by atoms with Crippen molar-refractivity contribution in [2.24, 2.45) is 11.7 Å². The average Bonchev–Trinajstić information content (AvgIpc) is 2.46. The van der Waals surface area contributed by atoms with Crippen molar-refractivity contribution in [3.05, 3.63) is 34.6 Å². The highest BCUT2D eigenvalue weighted by atomic mass is 35.5. The molecule has 1 aliphatic heterocycles. The summed E-state index contributed by atoms with van der Waals surface area (Å²) in [5.41, 5.74) is 6.05. The summed E-state index contributed by atoms with van der Waals surface area (Å²) in [5, 5.41) is 0.382. The molecule has 0 spiro atoms. The lowest BCUT2D eigenvalue weighted by Crippen LogP contribution is -2.36. The quantitative estimate of drug-likeness (QED) is 0.889. The monoisotopic (exact) mass is 285 g/mol. The predicted octanol–water partition coefficient (Wildman–Crippen LogP) is 4.07. The number of nitrogens with two attached hydrogens (primary N) is 1. The summed E-state index contributed by atoms with van der Waals surface area (Å²) in [6.45, 7) is 8.07. The fourth-order valence-electron chi connectivity index (χ4n) is 3.19. The Morgan fingerprint density at radius 1 is 1.37 bits per heavy atom. The Morgan fingerprint density at radius 3 is 2.47 bits per heavy atom. The highest BCUT2D eigenvalue weighted by Crippen LogP contribution is 2.48. The van der Waals surface area contributed by atoms with E-state index in [1.54, 1.807) is 12.1 Å². The van der Waals surface area contributed by atoms with Crippen molar-refractivity contribution in [1.82, 2.24) is 0 Å². The maximum Gasteiger partial charge on any atom is 0.129 e. The molecule has 4 heteroatoms. The molecular formula is C15H21ClFNO. The number of ether oxygens (including phenoxy) is 1. The predicted molar refractivity (Wildman–Crippen MR) is 75.7 cm³/mol. The van der Waals surface area contributed by atoms with E-state index in [9.17, 15) is 4.39 Å². The van der Waals surface area contributed by atoms with Gasteiger partial charge in [0.2, 0.25) is 0 Å². The molecule has 2 atom stereocenters. The Balaban J connectivity index is 2.37. The first-order chi connectivity index (χ1) is 8.64. The van der Waals surface area contributed by atoms with Gasteiger partial charge in [-0.25, -0.2) is 4.39 Å². The van der Waals surface area contributed by atoms with Gasteiger partial charge in [-0.3, -0.25) is 0 Å². The van der Waals surface area contributed by atoms with Crippen LogP contribution in [0.4, 0.5) is 4.39 Å². The first-order valence-electron chi connectivity index (χ1n) is 6.54. The van der Waals surface area contributed by atoms with E-state index in [0.29, 0.717) is 10.6 Å². The first kappa shape index (κ1) is 14.8. The maximum atomic E-state index is 14.0. The minimum Gasteiger partial charge on any atom is -0.369 e. The van der Waals surface area contributed by atoms with Gasteiger partial charge in [-0.15, -0.1) is 0 Å². The van der Waals surface area contributed by atoms with Crippen molar-refractivity contribution in [1.29, 1.82) is 0 Å². The zero-order valence-electron chi connectivity index (χ0n) is 11.8. The molecule has 0 saturated carbocycles. The largest absolute Gasteiger partial charge is 0.369 e. The number of benzene rings is 1. The fraction of sp³-hybridized carbons (Fsp3) is 0.600. The van der Waals surface area contributed by atoms with Crippen molar-refractivity contribution < 1.29 is 9.13 Å². The van der Waals surface area contributed by atoms with Crippen LogP contribution in [0.15, 0.2) is 18.2 Å². The summed E-state index contributed by atoms with van der Waals surface area (Å²) in [5.74, 6) is -0.322. The molecule has 2 N–H and O–H groups in total. The van der Waals surface area contributed by atoms with Crippen LogP contribution in [0.3, 0.4) is 0 Å². The molecule has 19 heavy (non-hydrogen) atoms. The van der Waals surface area contributed by atoms with Crippen LogP contribution in [0.5, 0.6) is 0 Å². The van der Waals surface area contributed by atoms with Gasteiger partial charge in [-0.1, -0.05) is 17.7 Å². The van der Waals surface area contributed by atoms with Crippen LogP contribution in [-0.4, -0.2) is 11.2 Å². The van der Waals surface area contributed by atoms with E-state index < -0.39 is 11.6 Å². The Labute approximate surface area is 119 Å². The fourth-order valence-corrected chi connectivity index (χ4v) is 3.48. The van der Waals surface area contributed by atoms with E-state index in [1.807, 2.05) is 27.7 Å². The SMILES string of the molecule is CC1(C)CC(C(N)c2c(F)cccc2Cl)C(C)(C)O1. The third kappa shape index (κ3) is 2.78. The van der Waals surface area contributed by atoms with Gasteiger partial charge in [0, 0.05) is 22.5 Å². The van der Waals surface area contributed by atoms with E-state index in [-0.39, 0.29) is 17.3 Å². The molecular weight excluding hydrogens is 265 g/mol. The molecule has 1 heterocycles. The van der Waals surface area contributed by atoms with E-state index in [0.717, 1.165) is 6.42 Å². The van der Waals surface area contributed by atoms with Gasteiger partial charge in [-0.05, 0) is 46.2 Å². The van der Waals surface area contributed by atoms with Gasteiger partial charge in [0.1, 0.15) is 5.82 Å². The minimum atomic E-state index is -0.467. The summed E-state index contributed by atoms with van der Waals surface area (Å²) >= 11 is 6.11. The van der Waals surface area contributed by atoms with Crippen LogP contribution in [0.2, 0.25) is 5.02 Å². The van der Waals surface area contributed by atoms with Crippen LogP contribution < -0.4 is 5.73 Å². The second-order valence-electron chi connectivity index (χ2n) is 6.44. The van der Waals surface area contributed by atoms with Crippen LogP contribution in [0, 0.1) is 11.7 Å². The molecule has 0 radical (unpaired) electrons. The molecule has 1 aromatic carbocycles. The number of hydrogen-bond acceptors (Lipinski definition) is 2. The van der Waals surface area contributed by atoms with Crippen LogP contribution in [0.1, 0.15) is 45.7 Å². The second kappa shape index (κ2) is 4.72. The molecule has 2 rings (SSSR count). The van der Waals surface area contributed by atoms with Crippen molar-refractivity contribution in [3.8, 4) is 0 Å². The molecule has 2 unspecified atom stereocenters. The molecule has 1 fully saturated rings. The van der Waals surface area contributed by atoms with E-state index in [1.165, 1.54) is 6.07 Å². The van der Waals surface area contributed by atoms with Crippen LogP contribution in [-0.2, 0) is 4.74 Å². The molecule has 0 aromatic heterocycles. The lowest BCUT2D eigenvalue weighted by molar-refractivity contribution is -0.0767. The Hall–Kier alpha value is -0.640. The molecule has 0 amide bonds. The number of rotatable bonds is 2. The smallest absolute Gasteiger partial charge is 0.129 e. The van der Waals surface area contributed by atoms with Gasteiger partial charge in [-0.2, -0.15) is 0 Å². The zero-order valence-corrected chi connectivity index (χ0v) is 12.6. The average molecular weight is 286 g/mol. The molecule has 106 valence electrons. The first-order valence-corrected chi connectivity index (χ1v) is 6.91. The molecule has 1 saturated heterocycles. The van der Waals surface area contributed by atoms with Crippen LogP contribution in [0.25, 0.3) is 0 Å². The Bertz CT molecular complexity index is 467. The summed E-state index contributed by atoms with van der Waals surface area (Å²) in [4.78, 5) is 0. The molecule has 1 aromatic rings. The van der Waals surface area contributed by atoms with Gasteiger partial charge in [0.15, 0.2) is 0 Å². The Morgan fingerprint density at radius 2 is 2.00 bits per heavy atom. The van der Waals surface area contributed by atoms with Gasteiger partial charge in [0.05, 0.1) is 11.2 Å². The van der Waals surface area contributed by atoms with Crippen molar-refractivity contribution in [2.75, 3.05) is 0 Å². The molecule has 2 nitrogen and oxygen atoms in total. The van der Waals surface area contributed by atoms with Crippen molar-refractivity contribution >= 4 is 11.6 Å². The summed E-state index contributed by atoms with van der Waals surface area (Å²) < 4.78 is 20.0. The molecule has 1 aliphatic rings. The number of halogens is 2. The Kier molecular flexibility index (Phi) is 3.67. The zero-order chi connectivity index (χ0) is 14.4. The topological polar surface area (TPSA) is 35.2 Å². The normalized spacial score (nSPS) is 26.4. The van der Waals surface area contributed by atoms with E-state index in [4.69, 9.17) is 22.1 Å². The highest BCUT2D eigenvalue weighted by Gasteiger charge is 2.49. The van der Waals surface area contributed by atoms with E-state index in [2.05, 4.69) is 0 Å². The number of hydrogen-bond donors (Lipinski definition) is 1. The third-order valence-corrected chi connectivity index (χ3v) is 4.24. The van der Waals surface area contributed by atoms with Crippen LogP contribution >= 0.6 is 11.6 Å². The highest BCUT2D eigenvalue weighted by molar-refractivity contribution is 6.31. The van der Waals surface area contributed by atoms with Gasteiger partial charge < -0.3 is 10.5 Å². The molecule has 0 aliphatic carbocycles. The van der Waals surface area contributed by atoms with E-state index >= 15 is 0 Å². The third-order valence-electron chi connectivity index (χ3n) is 3.91.